The van der Waals surface area contributed by atoms with Gasteiger partial charge in [-0.05, 0) is 30.2 Å². The maximum absolute atomic E-state index is 13.3. The summed E-state index contributed by atoms with van der Waals surface area (Å²) in [6.07, 6.45) is 4.02. The highest BCUT2D eigenvalue weighted by Gasteiger charge is 2.15. The fourth-order valence-corrected chi connectivity index (χ4v) is 2.97. The normalized spacial score (nSPS) is 11.8. The average molecular weight is 312 g/mol. The van der Waals surface area contributed by atoms with Gasteiger partial charge in [-0.3, -0.25) is 4.68 Å². The molecule has 21 heavy (non-hydrogen) atoms. The zero-order valence-corrected chi connectivity index (χ0v) is 12.4. The highest BCUT2D eigenvalue weighted by atomic mass is 32.2. The standard InChI is InChI=1S/C13H17FN4O2S/c1-18-9-10(8-16-18)4-5-17-21(19,20)12-2-3-13(14)11(6-12)7-15/h2-3,6,8-9,17H,4-5,7,15H2,1H3. The lowest BCUT2D eigenvalue weighted by molar-refractivity contribution is 0.579. The van der Waals surface area contributed by atoms with Crippen LogP contribution in [0.5, 0.6) is 0 Å². The highest BCUT2D eigenvalue weighted by Crippen LogP contribution is 2.14. The highest BCUT2D eigenvalue weighted by molar-refractivity contribution is 7.89. The van der Waals surface area contributed by atoms with Crippen LogP contribution in [0.25, 0.3) is 0 Å². The van der Waals surface area contributed by atoms with Crippen LogP contribution >= 0.6 is 0 Å². The Labute approximate surface area is 122 Å². The van der Waals surface area contributed by atoms with E-state index in [4.69, 9.17) is 5.73 Å². The second-order valence-corrected chi connectivity index (χ2v) is 6.39. The summed E-state index contributed by atoms with van der Waals surface area (Å²) in [5.74, 6) is -0.508. The number of benzene rings is 1. The van der Waals surface area contributed by atoms with Crippen molar-refractivity contribution >= 4 is 10.0 Å². The number of nitrogens with two attached hydrogens (primary N) is 1. The van der Waals surface area contributed by atoms with Crippen molar-refractivity contribution in [3.8, 4) is 0 Å². The summed E-state index contributed by atoms with van der Waals surface area (Å²) in [5, 5.41) is 4.01. The molecular formula is C13H17FN4O2S. The molecule has 1 aromatic carbocycles. The van der Waals surface area contributed by atoms with E-state index >= 15 is 0 Å². The maximum atomic E-state index is 13.3. The van der Waals surface area contributed by atoms with E-state index in [2.05, 4.69) is 9.82 Å². The van der Waals surface area contributed by atoms with Gasteiger partial charge in [0.25, 0.3) is 0 Å². The van der Waals surface area contributed by atoms with Crippen molar-refractivity contribution in [2.75, 3.05) is 6.54 Å². The van der Waals surface area contributed by atoms with Crippen LogP contribution in [-0.4, -0.2) is 24.7 Å². The largest absolute Gasteiger partial charge is 0.326 e. The second kappa shape index (κ2) is 6.33. The lowest BCUT2D eigenvalue weighted by Gasteiger charge is -2.08. The lowest BCUT2D eigenvalue weighted by Crippen LogP contribution is -2.26. The van der Waals surface area contributed by atoms with Gasteiger partial charge in [-0.2, -0.15) is 5.10 Å². The van der Waals surface area contributed by atoms with E-state index in [-0.39, 0.29) is 23.5 Å². The molecule has 0 saturated carbocycles. The fraction of sp³-hybridized carbons (Fsp3) is 0.308. The van der Waals surface area contributed by atoms with Gasteiger partial charge in [0.2, 0.25) is 10.0 Å². The molecule has 0 unspecified atom stereocenters. The number of rotatable bonds is 6. The Balaban J connectivity index is 2.04. The van der Waals surface area contributed by atoms with Gasteiger partial charge in [0, 0.05) is 31.9 Å². The zero-order valence-electron chi connectivity index (χ0n) is 11.6. The number of halogens is 1. The van der Waals surface area contributed by atoms with Gasteiger partial charge < -0.3 is 5.73 Å². The molecule has 0 amide bonds. The van der Waals surface area contributed by atoms with Crippen molar-refractivity contribution in [1.82, 2.24) is 14.5 Å². The van der Waals surface area contributed by atoms with E-state index < -0.39 is 15.8 Å². The molecule has 2 aromatic rings. The van der Waals surface area contributed by atoms with Crippen LogP contribution in [0.1, 0.15) is 11.1 Å². The Morgan fingerprint density at radius 2 is 2.19 bits per heavy atom. The Kier molecular flexibility index (Phi) is 4.71. The van der Waals surface area contributed by atoms with Crippen LogP contribution in [0.4, 0.5) is 4.39 Å². The number of hydrogen-bond donors (Lipinski definition) is 2. The van der Waals surface area contributed by atoms with Crippen molar-refractivity contribution < 1.29 is 12.8 Å². The third-order valence-corrected chi connectivity index (χ3v) is 4.47. The summed E-state index contributed by atoms with van der Waals surface area (Å²) in [4.78, 5) is 0.00976. The van der Waals surface area contributed by atoms with Gasteiger partial charge in [0.15, 0.2) is 0 Å². The number of nitrogens with one attached hydrogen (secondary N) is 1. The molecule has 8 heteroatoms. The van der Waals surface area contributed by atoms with Crippen LogP contribution in [0.3, 0.4) is 0 Å². The van der Waals surface area contributed by atoms with Gasteiger partial charge in [0.05, 0.1) is 11.1 Å². The minimum Gasteiger partial charge on any atom is -0.326 e. The Hall–Kier alpha value is -1.77. The van der Waals surface area contributed by atoms with E-state index in [1.807, 2.05) is 6.20 Å². The summed E-state index contributed by atoms with van der Waals surface area (Å²) in [7, 11) is -1.88. The number of aromatic nitrogens is 2. The molecule has 0 bridgehead atoms. The van der Waals surface area contributed by atoms with Crippen molar-refractivity contribution in [2.24, 2.45) is 12.8 Å². The summed E-state index contributed by atoms with van der Waals surface area (Å²) in [6.45, 7) is 0.189. The summed E-state index contributed by atoms with van der Waals surface area (Å²) in [6, 6.07) is 3.58. The van der Waals surface area contributed by atoms with Gasteiger partial charge in [0.1, 0.15) is 5.82 Å². The molecule has 0 spiro atoms. The van der Waals surface area contributed by atoms with Gasteiger partial charge in [-0.1, -0.05) is 0 Å². The third-order valence-electron chi connectivity index (χ3n) is 3.01. The first-order valence-corrected chi connectivity index (χ1v) is 7.86. The third kappa shape index (κ3) is 3.87. The first-order chi connectivity index (χ1) is 9.92. The molecule has 114 valence electrons. The monoisotopic (exact) mass is 312 g/mol. The minimum atomic E-state index is -3.67. The summed E-state index contributed by atoms with van der Waals surface area (Å²) in [5.41, 5.74) is 6.48. The van der Waals surface area contributed by atoms with Crippen molar-refractivity contribution in [3.05, 3.63) is 47.5 Å². The van der Waals surface area contributed by atoms with Crippen LogP contribution in [0, 0.1) is 5.82 Å². The van der Waals surface area contributed by atoms with Gasteiger partial charge in [-0.25, -0.2) is 17.5 Å². The molecule has 1 heterocycles. The molecule has 0 atom stereocenters. The summed E-state index contributed by atoms with van der Waals surface area (Å²) < 4.78 is 41.7. The van der Waals surface area contributed by atoms with Crippen molar-refractivity contribution in [3.63, 3.8) is 0 Å². The molecule has 3 N–H and O–H groups in total. The van der Waals surface area contributed by atoms with E-state index in [9.17, 15) is 12.8 Å². The van der Waals surface area contributed by atoms with Crippen molar-refractivity contribution in [1.29, 1.82) is 0 Å². The minimum absolute atomic E-state index is 0.00976. The zero-order chi connectivity index (χ0) is 15.5. The Bertz CT molecular complexity index is 728. The molecule has 6 nitrogen and oxygen atoms in total. The van der Waals surface area contributed by atoms with E-state index in [0.717, 1.165) is 11.6 Å². The Morgan fingerprint density at radius 3 is 2.81 bits per heavy atom. The summed E-state index contributed by atoms with van der Waals surface area (Å²) >= 11 is 0. The number of hydrogen-bond acceptors (Lipinski definition) is 4. The maximum Gasteiger partial charge on any atom is 0.240 e. The molecule has 0 saturated heterocycles. The van der Waals surface area contributed by atoms with Gasteiger partial charge >= 0.3 is 0 Å². The molecule has 0 fully saturated rings. The van der Waals surface area contributed by atoms with Gasteiger partial charge in [-0.15, -0.1) is 0 Å². The van der Waals surface area contributed by atoms with E-state index in [0.29, 0.717) is 6.42 Å². The van der Waals surface area contributed by atoms with E-state index in [1.165, 1.54) is 12.1 Å². The SMILES string of the molecule is Cn1cc(CCNS(=O)(=O)c2ccc(F)c(CN)c2)cn1. The van der Waals surface area contributed by atoms with Crippen LogP contribution in [0.15, 0.2) is 35.5 Å². The molecule has 0 aliphatic carbocycles. The average Bonchev–Trinajstić information content (AvgIpc) is 2.84. The van der Waals surface area contributed by atoms with Crippen LogP contribution in [0.2, 0.25) is 0 Å². The predicted octanol–water partition coefficient (Wildman–Crippen LogP) is 0.539. The Morgan fingerprint density at radius 1 is 1.43 bits per heavy atom. The predicted molar refractivity (Wildman–Crippen MR) is 76.4 cm³/mol. The molecule has 0 radical (unpaired) electrons. The molecule has 2 rings (SSSR count). The van der Waals surface area contributed by atoms with E-state index in [1.54, 1.807) is 17.9 Å². The first-order valence-electron chi connectivity index (χ1n) is 6.38. The van der Waals surface area contributed by atoms with Crippen LogP contribution < -0.4 is 10.5 Å². The fourth-order valence-electron chi connectivity index (χ4n) is 1.89. The smallest absolute Gasteiger partial charge is 0.240 e. The lowest BCUT2D eigenvalue weighted by atomic mass is 10.2. The molecule has 1 aromatic heterocycles. The quantitative estimate of drug-likeness (QED) is 0.814. The first kappa shape index (κ1) is 15.6. The molecule has 0 aliphatic heterocycles. The van der Waals surface area contributed by atoms with Crippen molar-refractivity contribution in [2.45, 2.75) is 17.9 Å². The number of aryl methyl sites for hydroxylation is 1. The molecule has 0 aliphatic rings. The number of sulfonamides is 1. The number of nitrogens with zero attached hydrogens (tertiary/aromatic N) is 2. The second-order valence-electron chi connectivity index (χ2n) is 4.63. The topological polar surface area (TPSA) is 90.0 Å². The van der Waals surface area contributed by atoms with Crippen LogP contribution in [-0.2, 0) is 30.0 Å². The molecular weight excluding hydrogens is 295 g/mol.